The number of nitrogens with zero attached hydrogens (tertiary/aromatic N) is 1. The van der Waals surface area contributed by atoms with Crippen molar-refractivity contribution in [3.63, 3.8) is 0 Å². The van der Waals surface area contributed by atoms with E-state index in [9.17, 15) is 8.42 Å². The summed E-state index contributed by atoms with van der Waals surface area (Å²) in [7, 11) is -1.43. The number of likely N-dealkylation sites (N-methyl/N-ethyl adjacent to an activating group) is 1. The number of rotatable bonds is 4. The highest BCUT2D eigenvalue weighted by molar-refractivity contribution is 7.91. The highest BCUT2D eigenvalue weighted by Crippen LogP contribution is 2.29. The summed E-state index contributed by atoms with van der Waals surface area (Å²) in [4.78, 5) is 1.04. The Morgan fingerprint density at radius 3 is 2.83 bits per heavy atom. The normalized spacial score (nSPS) is 22.2. The molecular formula is C12H20N2O2S2. The van der Waals surface area contributed by atoms with Crippen LogP contribution in [0.4, 0.5) is 0 Å². The summed E-state index contributed by atoms with van der Waals surface area (Å²) in [6.45, 7) is 3.31. The lowest BCUT2D eigenvalue weighted by molar-refractivity contribution is 0.249. The van der Waals surface area contributed by atoms with Crippen LogP contribution >= 0.6 is 11.3 Å². The number of hydrogen-bond acceptors (Lipinski definition) is 4. The Labute approximate surface area is 113 Å². The van der Waals surface area contributed by atoms with Gasteiger partial charge >= 0.3 is 0 Å². The van der Waals surface area contributed by atoms with E-state index in [1.54, 1.807) is 10.4 Å². The van der Waals surface area contributed by atoms with Crippen molar-refractivity contribution in [3.8, 4) is 0 Å². The standard InChI is InChI=1S/C12H20N2O2S2/c1-10-6-7-12(17-10)18(15,16)14-8-4-3-5-11(14)9-13-2/h6-7,11,13H,3-5,8-9H2,1-2H3. The topological polar surface area (TPSA) is 49.4 Å². The molecule has 6 heteroatoms. The first-order chi connectivity index (χ1) is 8.55. The van der Waals surface area contributed by atoms with Crippen LogP contribution in [0.3, 0.4) is 0 Å². The van der Waals surface area contributed by atoms with E-state index in [1.165, 1.54) is 11.3 Å². The van der Waals surface area contributed by atoms with Crippen LogP contribution in [0.5, 0.6) is 0 Å². The molecule has 2 heterocycles. The van der Waals surface area contributed by atoms with Gasteiger partial charge in [-0.05, 0) is 38.9 Å². The summed E-state index contributed by atoms with van der Waals surface area (Å²) in [5.74, 6) is 0. The van der Waals surface area contributed by atoms with Gasteiger partial charge in [-0.1, -0.05) is 6.42 Å². The second kappa shape index (κ2) is 5.69. The van der Waals surface area contributed by atoms with Gasteiger partial charge in [0, 0.05) is 24.0 Å². The third-order valence-corrected chi connectivity index (χ3v) is 6.71. The number of thiophene rings is 1. The van der Waals surface area contributed by atoms with Crippen LogP contribution in [0.2, 0.25) is 0 Å². The zero-order valence-corrected chi connectivity index (χ0v) is 12.5. The molecular weight excluding hydrogens is 268 g/mol. The van der Waals surface area contributed by atoms with Crippen molar-refractivity contribution < 1.29 is 8.42 Å². The van der Waals surface area contributed by atoms with E-state index in [4.69, 9.17) is 0 Å². The molecule has 1 fully saturated rings. The molecule has 1 aromatic heterocycles. The molecule has 1 unspecified atom stereocenters. The fourth-order valence-electron chi connectivity index (χ4n) is 2.40. The lowest BCUT2D eigenvalue weighted by Gasteiger charge is -2.34. The minimum Gasteiger partial charge on any atom is -0.318 e. The van der Waals surface area contributed by atoms with Gasteiger partial charge in [0.15, 0.2) is 0 Å². The molecule has 1 aliphatic heterocycles. The Kier molecular flexibility index (Phi) is 4.42. The summed E-state index contributed by atoms with van der Waals surface area (Å²) in [6, 6.07) is 3.69. The van der Waals surface area contributed by atoms with E-state index >= 15 is 0 Å². The largest absolute Gasteiger partial charge is 0.318 e. The third kappa shape index (κ3) is 2.77. The molecule has 1 N–H and O–H groups in total. The first-order valence-electron chi connectivity index (χ1n) is 6.28. The molecule has 0 radical (unpaired) electrons. The van der Waals surface area contributed by atoms with Crippen molar-refractivity contribution in [2.75, 3.05) is 20.1 Å². The molecule has 0 amide bonds. The van der Waals surface area contributed by atoms with Gasteiger partial charge in [0.2, 0.25) is 0 Å². The van der Waals surface area contributed by atoms with Crippen molar-refractivity contribution in [2.24, 2.45) is 0 Å². The molecule has 0 aromatic carbocycles. The molecule has 102 valence electrons. The van der Waals surface area contributed by atoms with E-state index in [0.717, 1.165) is 30.7 Å². The molecule has 1 atom stereocenters. The van der Waals surface area contributed by atoms with Gasteiger partial charge in [-0.2, -0.15) is 4.31 Å². The average Bonchev–Trinajstić information content (AvgIpc) is 2.78. The Morgan fingerprint density at radius 2 is 2.22 bits per heavy atom. The maximum absolute atomic E-state index is 12.6. The van der Waals surface area contributed by atoms with E-state index in [-0.39, 0.29) is 6.04 Å². The Bertz CT molecular complexity index is 494. The van der Waals surface area contributed by atoms with Gasteiger partial charge in [-0.25, -0.2) is 8.42 Å². The molecule has 2 rings (SSSR count). The number of hydrogen-bond donors (Lipinski definition) is 1. The van der Waals surface area contributed by atoms with Crippen LogP contribution in [0.15, 0.2) is 16.3 Å². The monoisotopic (exact) mass is 288 g/mol. The van der Waals surface area contributed by atoms with Gasteiger partial charge in [0.1, 0.15) is 4.21 Å². The maximum atomic E-state index is 12.6. The van der Waals surface area contributed by atoms with Crippen LogP contribution in [0.1, 0.15) is 24.1 Å². The minimum atomic E-state index is -3.30. The fourth-order valence-corrected chi connectivity index (χ4v) is 5.50. The Balaban J connectivity index is 2.27. The minimum absolute atomic E-state index is 0.0937. The zero-order chi connectivity index (χ0) is 13.2. The summed E-state index contributed by atoms with van der Waals surface area (Å²) in [5.41, 5.74) is 0. The van der Waals surface area contributed by atoms with Gasteiger partial charge in [-0.3, -0.25) is 0 Å². The molecule has 1 aliphatic rings. The highest BCUT2D eigenvalue weighted by atomic mass is 32.2. The van der Waals surface area contributed by atoms with Crippen molar-refractivity contribution in [1.82, 2.24) is 9.62 Å². The summed E-state index contributed by atoms with van der Waals surface area (Å²) >= 11 is 1.36. The maximum Gasteiger partial charge on any atom is 0.252 e. The molecule has 18 heavy (non-hydrogen) atoms. The molecule has 4 nitrogen and oxygen atoms in total. The lowest BCUT2D eigenvalue weighted by Crippen LogP contribution is -2.47. The van der Waals surface area contributed by atoms with Crippen LogP contribution < -0.4 is 5.32 Å². The fraction of sp³-hybridized carbons (Fsp3) is 0.667. The lowest BCUT2D eigenvalue weighted by atomic mass is 10.1. The molecule has 1 saturated heterocycles. The van der Waals surface area contributed by atoms with E-state index in [0.29, 0.717) is 10.8 Å². The highest BCUT2D eigenvalue weighted by Gasteiger charge is 2.33. The van der Waals surface area contributed by atoms with Crippen LogP contribution in [-0.4, -0.2) is 38.9 Å². The summed E-state index contributed by atoms with van der Waals surface area (Å²) in [6.07, 6.45) is 3.02. The van der Waals surface area contributed by atoms with E-state index < -0.39 is 10.0 Å². The van der Waals surface area contributed by atoms with Crippen LogP contribution in [-0.2, 0) is 10.0 Å². The average molecular weight is 288 g/mol. The van der Waals surface area contributed by atoms with E-state index in [1.807, 2.05) is 20.0 Å². The molecule has 0 spiro atoms. The van der Waals surface area contributed by atoms with Gasteiger partial charge in [-0.15, -0.1) is 11.3 Å². The zero-order valence-electron chi connectivity index (χ0n) is 10.8. The smallest absolute Gasteiger partial charge is 0.252 e. The second-order valence-corrected chi connectivity index (χ2v) is 8.09. The molecule has 0 saturated carbocycles. The van der Waals surface area contributed by atoms with Crippen LogP contribution in [0.25, 0.3) is 0 Å². The Hall–Kier alpha value is -0.430. The molecule has 0 aliphatic carbocycles. The summed E-state index contributed by atoms with van der Waals surface area (Å²) < 4.78 is 27.3. The number of nitrogens with one attached hydrogen (secondary N) is 1. The van der Waals surface area contributed by atoms with Crippen molar-refractivity contribution in [2.45, 2.75) is 36.4 Å². The first-order valence-corrected chi connectivity index (χ1v) is 8.54. The van der Waals surface area contributed by atoms with Gasteiger partial charge < -0.3 is 5.32 Å². The molecule has 0 bridgehead atoms. The van der Waals surface area contributed by atoms with Gasteiger partial charge in [0.25, 0.3) is 10.0 Å². The summed E-state index contributed by atoms with van der Waals surface area (Å²) in [5, 5.41) is 3.09. The SMILES string of the molecule is CNCC1CCCCN1S(=O)(=O)c1ccc(C)s1. The van der Waals surface area contributed by atoms with Crippen molar-refractivity contribution in [3.05, 3.63) is 17.0 Å². The quantitative estimate of drug-likeness (QED) is 0.919. The number of piperidine rings is 1. The Morgan fingerprint density at radius 1 is 1.44 bits per heavy atom. The molecule has 1 aromatic rings. The number of sulfonamides is 1. The third-order valence-electron chi connectivity index (χ3n) is 3.29. The number of aryl methyl sites for hydroxylation is 1. The first kappa shape index (κ1) is 14.0. The predicted octanol–water partition coefficient (Wildman–Crippen LogP) is 1.82. The second-order valence-electron chi connectivity index (χ2n) is 4.69. The van der Waals surface area contributed by atoms with Crippen molar-refractivity contribution in [1.29, 1.82) is 0 Å². The van der Waals surface area contributed by atoms with Crippen LogP contribution in [0, 0.1) is 6.92 Å². The van der Waals surface area contributed by atoms with E-state index in [2.05, 4.69) is 5.32 Å². The van der Waals surface area contributed by atoms with Gasteiger partial charge in [0.05, 0.1) is 0 Å². The van der Waals surface area contributed by atoms with Crippen molar-refractivity contribution >= 4 is 21.4 Å². The predicted molar refractivity (Wildman–Crippen MR) is 74.5 cm³/mol.